The van der Waals surface area contributed by atoms with Gasteiger partial charge in [0, 0.05) is 12.8 Å². The van der Waals surface area contributed by atoms with E-state index >= 15 is 0 Å². The SMILES string of the molecule is O=C(CCc1ccccc1)N1CC(F)(F)C[C@H]1c1nncn1Cc1ccccc1. The minimum absolute atomic E-state index is 0.184. The van der Waals surface area contributed by atoms with Gasteiger partial charge < -0.3 is 9.47 Å². The van der Waals surface area contributed by atoms with Gasteiger partial charge >= 0.3 is 0 Å². The Bertz CT molecular complexity index is 959. The molecule has 1 aromatic heterocycles. The minimum atomic E-state index is -2.93. The zero-order valence-corrected chi connectivity index (χ0v) is 15.9. The molecule has 1 aliphatic rings. The first-order valence-electron chi connectivity index (χ1n) is 9.65. The summed E-state index contributed by atoms with van der Waals surface area (Å²) in [5.74, 6) is -2.82. The van der Waals surface area contributed by atoms with E-state index in [1.54, 1.807) is 4.57 Å². The fourth-order valence-electron chi connectivity index (χ4n) is 3.77. The van der Waals surface area contributed by atoms with Gasteiger partial charge in [-0.25, -0.2) is 8.78 Å². The second kappa shape index (κ2) is 8.11. The summed E-state index contributed by atoms with van der Waals surface area (Å²) in [5, 5.41) is 8.02. The fourth-order valence-corrected chi connectivity index (χ4v) is 3.77. The van der Waals surface area contributed by atoms with Crippen LogP contribution in [0.4, 0.5) is 8.78 Å². The molecule has 1 aliphatic heterocycles. The van der Waals surface area contributed by atoms with Gasteiger partial charge in [-0.1, -0.05) is 60.7 Å². The van der Waals surface area contributed by atoms with E-state index in [2.05, 4.69) is 10.2 Å². The molecular formula is C22H22F2N4O. The molecule has 0 unspecified atom stereocenters. The number of aryl methyl sites for hydroxylation is 1. The van der Waals surface area contributed by atoms with Crippen molar-refractivity contribution in [3.63, 3.8) is 0 Å². The maximum Gasteiger partial charge on any atom is 0.267 e. The van der Waals surface area contributed by atoms with E-state index in [4.69, 9.17) is 0 Å². The normalized spacial score (nSPS) is 18.1. The lowest BCUT2D eigenvalue weighted by molar-refractivity contribution is -0.133. The number of alkyl halides is 2. The minimum Gasteiger partial charge on any atom is -0.326 e. The van der Waals surface area contributed by atoms with Crippen molar-refractivity contribution >= 4 is 5.91 Å². The molecule has 150 valence electrons. The largest absolute Gasteiger partial charge is 0.326 e. The molecule has 3 aromatic rings. The van der Waals surface area contributed by atoms with E-state index in [1.165, 1.54) is 11.2 Å². The van der Waals surface area contributed by atoms with E-state index in [0.717, 1.165) is 11.1 Å². The van der Waals surface area contributed by atoms with Crippen LogP contribution >= 0.6 is 0 Å². The molecule has 4 rings (SSSR count). The summed E-state index contributed by atoms with van der Waals surface area (Å²) >= 11 is 0. The van der Waals surface area contributed by atoms with Crippen LogP contribution in [0.2, 0.25) is 0 Å². The average molecular weight is 396 g/mol. The summed E-state index contributed by atoms with van der Waals surface area (Å²) in [6, 6.07) is 18.5. The van der Waals surface area contributed by atoms with Crippen molar-refractivity contribution in [3.8, 4) is 0 Å². The Balaban J connectivity index is 1.52. The number of hydrogen-bond donors (Lipinski definition) is 0. The number of likely N-dealkylation sites (tertiary alicyclic amines) is 1. The zero-order chi connectivity index (χ0) is 20.3. The van der Waals surface area contributed by atoms with E-state index in [1.807, 2.05) is 60.7 Å². The standard InChI is InChI=1S/C22H22F2N4O/c23-22(24)13-19(21-26-25-16-27(21)14-18-9-5-2-6-10-18)28(15-22)20(29)12-11-17-7-3-1-4-8-17/h1-10,16,19H,11-15H2/t19-/m0/s1. The predicted octanol–water partition coefficient (Wildman–Crippen LogP) is 3.87. The number of halogens is 2. The van der Waals surface area contributed by atoms with Crippen LogP contribution < -0.4 is 0 Å². The molecule has 29 heavy (non-hydrogen) atoms. The summed E-state index contributed by atoms with van der Waals surface area (Å²) < 4.78 is 30.3. The molecule has 2 heterocycles. The Hall–Kier alpha value is -3.09. The maximum atomic E-state index is 14.3. The van der Waals surface area contributed by atoms with Crippen LogP contribution in [0.25, 0.3) is 0 Å². The van der Waals surface area contributed by atoms with Crippen molar-refractivity contribution in [2.75, 3.05) is 6.54 Å². The monoisotopic (exact) mass is 396 g/mol. The Morgan fingerprint density at radius 3 is 2.38 bits per heavy atom. The second-order valence-corrected chi connectivity index (χ2v) is 7.39. The van der Waals surface area contributed by atoms with Crippen LogP contribution in [0.1, 0.15) is 35.8 Å². The number of aromatic nitrogens is 3. The molecule has 5 nitrogen and oxygen atoms in total. The number of benzene rings is 2. The molecule has 0 saturated carbocycles. The lowest BCUT2D eigenvalue weighted by atomic mass is 10.1. The average Bonchev–Trinajstić information content (AvgIpc) is 3.31. The van der Waals surface area contributed by atoms with Crippen molar-refractivity contribution in [1.29, 1.82) is 0 Å². The molecular weight excluding hydrogens is 374 g/mol. The molecule has 0 bridgehead atoms. The molecule has 1 saturated heterocycles. The van der Waals surface area contributed by atoms with E-state index < -0.39 is 24.9 Å². The Labute approximate surface area is 168 Å². The predicted molar refractivity (Wildman–Crippen MR) is 104 cm³/mol. The van der Waals surface area contributed by atoms with Crippen molar-refractivity contribution in [2.45, 2.75) is 37.8 Å². The van der Waals surface area contributed by atoms with Gasteiger partial charge in [0.25, 0.3) is 5.92 Å². The highest BCUT2D eigenvalue weighted by atomic mass is 19.3. The number of rotatable bonds is 6. The van der Waals surface area contributed by atoms with Crippen molar-refractivity contribution < 1.29 is 13.6 Å². The summed E-state index contributed by atoms with van der Waals surface area (Å²) in [7, 11) is 0. The molecule has 0 aliphatic carbocycles. The third-order valence-corrected chi connectivity index (χ3v) is 5.20. The first-order valence-corrected chi connectivity index (χ1v) is 9.65. The summed E-state index contributed by atoms with van der Waals surface area (Å²) in [6.45, 7) is -0.110. The van der Waals surface area contributed by atoms with Crippen LogP contribution in [-0.4, -0.2) is 38.0 Å². The van der Waals surface area contributed by atoms with Gasteiger partial charge in [0.15, 0.2) is 5.82 Å². The van der Waals surface area contributed by atoms with Gasteiger partial charge in [-0.2, -0.15) is 0 Å². The van der Waals surface area contributed by atoms with Crippen molar-refractivity contribution in [2.24, 2.45) is 0 Å². The van der Waals surface area contributed by atoms with E-state index in [9.17, 15) is 13.6 Å². The Morgan fingerprint density at radius 1 is 1.03 bits per heavy atom. The van der Waals surface area contributed by atoms with Crippen molar-refractivity contribution in [3.05, 3.63) is 83.9 Å². The summed E-state index contributed by atoms with van der Waals surface area (Å²) in [6.07, 6.45) is 1.80. The fraction of sp³-hybridized carbons (Fsp3) is 0.318. The van der Waals surface area contributed by atoms with Gasteiger partial charge in [-0.3, -0.25) is 4.79 Å². The van der Waals surface area contributed by atoms with Gasteiger partial charge in [0.1, 0.15) is 6.33 Å². The lowest BCUT2D eigenvalue weighted by Crippen LogP contribution is -2.34. The quantitative estimate of drug-likeness (QED) is 0.636. The topological polar surface area (TPSA) is 51.0 Å². The van der Waals surface area contributed by atoms with Gasteiger partial charge in [0.05, 0.1) is 19.1 Å². The van der Waals surface area contributed by atoms with Crippen LogP contribution in [0, 0.1) is 0 Å². The van der Waals surface area contributed by atoms with Gasteiger partial charge in [-0.15, -0.1) is 10.2 Å². The highest BCUT2D eigenvalue weighted by Crippen LogP contribution is 2.40. The maximum absolute atomic E-state index is 14.3. The van der Waals surface area contributed by atoms with Crippen molar-refractivity contribution in [1.82, 2.24) is 19.7 Å². The number of nitrogens with zero attached hydrogens (tertiary/aromatic N) is 4. The van der Waals surface area contributed by atoms with Crippen LogP contribution in [0.15, 0.2) is 67.0 Å². The second-order valence-electron chi connectivity index (χ2n) is 7.39. The third-order valence-electron chi connectivity index (χ3n) is 5.20. The van der Waals surface area contributed by atoms with E-state index in [-0.39, 0.29) is 12.3 Å². The number of carbonyl (C=O) groups is 1. The molecule has 0 N–H and O–H groups in total. The highest BCUT2D eigenvalue weighted by Gasteiger charge is 2.49. The molecule has 2 aromatic carbocycles. The van der Waals surface area contributed by atoms with Crippen LogP contribution in [0.5, 0.6) is 0 Å². The Kier molecular flexibility index (Phi) is 5.38. The van der Waals surface area contributed by atoms with Crippen LogP contribution in [-0.2, 0) is 17.8 Å². The molecule has 0 radical (unpaired) electrons. The smallest absolute Gasteiger partial charge is 0.267 e. The molecule has 1 atom stereocenters. The Morgan fingerprint density at radius 2 is 1.69 bits per heavy atom. The molecule has 1 fully saturated rings. The number of carbonyl (C=O) groups excluding carboxylic acids is 1. The van der Waals surface area contributed by atoms with Gasteiger partial charge in [0.2, 0.25) is 5.91 Å². The number of amides is 1. The molecule has 7 heteroatoms. The first-order chi connectivity index (χ1) is 14.0. The van der Waals surface area contributed by atoms with E-state index in [0.29, 0.717) is 18.8 Å². The van der Waals surface area contributed by atoms with Crippen LogP contribution in [0.3, 0.4) is 0 Å². The van der Waals surface area contributed by atoms with Gasteiger partial charge in [-0.05, 0) is 17.5 Å². The summed E-state index contributed by atoms with van der Waals surface area (Å²) in [5.41, 5.74) is 2.02. The third kappa shape index (κ3) is 4.50. The lowest BCUT2D eigenvalue weighted by Gasteiger charge is -2.24. The molecule has 1 amide bonds. The summed E-state index contributed by atoms with van der Waals surface area (Å²) in [4.78, 5) is 14.1. The number of hydrogen-bond acceptors (Lipinski definition) is 3. The highest BCUT2D eigenvalue weighted by molar-refractivity contribution is 5.77. The first kappa shape index (κ1) is 19.2. The zero-order valence-electron chi connectivity index (χ0n) is 15.9. The molecule has 0 spiro atoms.